The molecular weight excluding hydrogens is 276 g/mol. The first kappa shape index (κ1) is 16.2. The van der Waals surface area contributed by atoms with E-state index in [1.165, 1.54) is 0 Å². The number of rotatable bonds is 5. The van der Waals surface area contributed by atoms with Gasteiger partial charge in [0.2, 0.25) is 0 Å². The van der Waals surface area contributed by atoms with Gasteiger partial charge in [-0.1, -0.05) is 36.4 Å². The van der Waals surface area contributed by atoms with Crippen LogP contribution in [0.15, 0.2) is 36.4 Å². The number of hydrogen-bond donors (Lipinski definition) is 1. The van der Waals surface area contributed by atoms with E-state index in [4.69, 9.17) is 9.84 Å². The lowest BCUT2D eigenvalue weighted by atomic mass is 9.89. The fourth-order valence-electron chi connectivity index (χ4n) is 2.95. The number of benzene rings is 2. The van der Waals surface area contributed by atoms with Crippen molar-refractivity contribution in [3.8, 4) is 0 Å². The number of carbonyl (C=O) groups is 1. The van der Waals surface area contributed by atoms with E-state index in [1.54, 1.807) is 0 Å². The van der Waals surface area contributed by atoms with Gasteiger partial charge in [-0.15, -0.1) is 0 Å². The molecule has 2 rings (SSSR count). The topological polar surface area (TPSA) is 46.5 Å². The molecule has 2 aromatic rings. The second-order valence-corrected chi connectivity index (χ2v) is 5.70. The number of carboxylic acids is 1. The average Bonchev–Trinajstić information content (AvgIpc) is 2.43. The van der Waals surface area contributed by atoms with Gasteiger partial charge in [-0.3, -0.25) is 0 Å². The predicted molar refractivity (Wildman–Crippen MR) is 87.3 cm³/mol. The molecule has 0 fully saturated rings. The fraction of sp³-hybridized carbons (Fsp3) is 0.316. The summed E-state index contributed by atoms with van der Waals surface area (Å²) in [5, 5.41) is 9.01. The van der Waals surface area contributed by atoms with Crippen LogP contribution in [0.3, 0.4) is 0 Å². The van der Waals surface area contributed by atoms with Crippen molar-refractivity contribution in [2.24, 2.45) is 0 Å². The molecule has 0 saturated heterocycles. The van der Waals surface area contributed by atoms with E-state index in [2.05, 4.69) is 0 Å². The molecule has 0 aliphatic rings. The maximum atomic E-state index is 11.0. The Kier molecular flexibility index (Phi) is 4.99. The number of aryl methyl sites for hydroxylation is 4. The molecule has 0 radical (unpaired) electrons. The van der Waals surface area contributed by atoms with Crippen molar-refractivity contribution in [2.75, 3.05) is 6.61 Å². The van der Waals surface area contributed by atoms with Gasteiger partial charge in [0.15, 0.2) is 0 Å². The quantitative estimate of drug-likeness (QED) is 0.903. The van der Waals surface area contributed by atoms with Crippen LogP contribution in [0.5, 0.6) is 0 Å². The van der Waals surface area contributed by atoms with E-state index in [1.807, 2.05) is 64.1 Å². The van der Waals surface area contributed by atoms with Crippen molar-refractivity contribution in [3.05, 3.63) is 69.8 Å². The monoisotopic (exact) mass is 298 g/mol. The Morgan fingerprint density at radius 1 is 0.909 bits per heavy atom. The molecule has 0 aliphatic carbocycles. The van der Waals surface area contributed by atoms with Crippen LogP contribution >= 0.6 is 0 Å². The molecule has 0 spiro atoms. The summed E-state index contributed by atoms with van der Waals surface area (Å²) in [5.41, 5.74) is 6.55. The van der Waals surface area contributed by atoms with Crippen LogP contribution in [-0.2, 0) is 9.53 Å². The highest BCUT2D eigenvalue weighted by atomic mass is 16.5. The minimum atomic E-state index is -0.956. The molecule has 0 heterocycles. The van der Waals surface area contributed by atoms with Gasteiger partial charge < -0.3 is 9.84 Å². The third-order valence-electron chi connectivity index (χ3n) is 3.98. The first-order valence-electron chi connectivity index (χ1n) is 7.37. The van der Waals surface area contributed by atoms with Crippen molar-refractivity contribution in [1.29, 1.82) is 0 Å². The van der Waals surface area contributed by atoms with Crippen molar-refractivity contribution in [2.45, 2.75) is 33.8 Å². The lowest BCUT2D eigenvalue weighted by Gasteiger charge is -2.25. The van der Waals surface area contributed by atoms with Gasteiger partial charge in [0.1, 0.15) is 12.7 Å². The van der Waals surface area contributed by atoms with Crippen molar-refractivity contribution in [1.82, 2.24) is 0 Å². The van der Waals surface area contributed by atoms with E-state index >= 15 is 0 Å². The van der Waals surface area contributed by atoms with Gasteiger partial charge in [0, 0.05) is 0 Å². The highest BCUT2D eigenvalue weighted by Gasteiger charge is 2.23. The lowest BCUT2D eigenvalue weighted by Crippen LogP contribution is -2.17. The summed E-state index contributed by atoms with van der Waals surface area (Å²) in [7, 11) is 0. The van der Waals surface area contributed by atoms with Gasteiger partial charge in [-0.05, 0) is 61.1 Å². The summed E-state index contributed by atoms with van der Waals surface area (Å²) in [6.45, 7) is 7.83. The molecule has 116 valence electrons. The third kappa shape index (κ3) is 3.37. The summed E-state index contributed by atoms with van der Waals surface area (Å²) in [4.78, 5) is 11.0. The van der Waals surface area contributed by atoms with Crippen LogP contribution in [0, 0.1) is 27.7 Å². The summed E-state index contributed by atoms with van der Waals surface area (Å²) in [6.07, 6.45) is -0.363. The number of hydrogen-bond acceptors (Lipinski definition) is 2. The highest BCUT2D eigenvalue weighted by Crippen LogP contribution is 2.34. The molecule has 0 saturated carbocycles. The smallest absolute Gasteiger partial charge is 0.329 e. The van der Waals surface area contributed by atoms with Crippen LogP contribution < -0.4 is 0 Å². The average molecular weight is 298 g/mol. The molecule has 0 atom stereocenters. The largest absolute Gasteiger partial charge is 0.480 e. The van der Waals surface area contributed by atoms with Gasteiger partial charge >= 0.3 is 5.97 Å². The fourth-order valence-corrected chi connectivity index (χ4v) is 2.95. The molecule has 0 aromatic heterocycles. The Morgan fingerprint density at radius 2 is 1.27 bits per heavy atom. The van der Waals surface area contributed by atoms with E-state index in [9.17, 15) is 4.79 Å². The Balaban J connectivity index is 2.59. The zero-order valence-electron chi connectivity index (χ0n) is 13.5. The van der Waals surface area contributed by atoms with Crippen LogP contribution in [0.4, 0.5) is 0 Å². The molecule has 3 heteroatoms. The zero-order chi connectivity index (χ0) is 16.3. The summed E-state index contributed by atoms with van der Waals surface area (Å²) in [5.74, 6) is -0.956. The summed E-state index contributed by atoms with van der Waals surface area (Å²) in [6, 6.07) is 12.2. The number of ether oxygens (including phenoxy) is 1. The number of aliphatic carboxylic acids is 1. The van der Waals surface area contributed by atoms with Gasteiger partial charge in [-0.2, -0.15) is 0 Å². The third-order valence-corrected chi connectivity index (χ3v) is 3.98. The van der Waals surface area contributed by atoms with Gasteiger partial charge in [0.05, 0.1) is 0 Å². The molecular formula is C19H22O3. The second-order valence-electron chi connectivity index (χ2n) is 5.70. The van der Waals surface area contributed by atoms with Crippen LogP contribution in [0.2, 0.25) is 0 Å². The standard InChI is InChI=1S/C19H22O3/c1-12-7-5-8-13(2)17(12)19(22-11-16(20)21)18-14(3)9-6-10-15(18)4/h5-10,19H,11H2,1-4H3,(H,20,21). The van der Waals surface area contributed by atoms with Crippen molar-refractivity contribution >= 4 is 5.97 Å². The Hall–Kier alpha value is -2.13. The molecule has 2 aromatic carbocycles. The van der Waals surface area contributed by atoms with Crippen LogP contribution in [-0.4, -0.2) is 17.7 Å². The molecule has 0 unspecified atom stereocenters. The Morgan fingerprint density at radius 3 is 1.59 bits per heavy atom. The molecule has 0 aliphatic heterocycles. The van der Waals surface area contributed by atoms with Gasteiger partial charge in [0.25, 0.3) is 0 Å². The first-order chi connectivity index (χ1) is 10.4. The maximum absolute atomic E-state index is 11.0. The van der Waals surface area contributed by atoms with E-state index in [0.29, 0.717) is 0 Å². The normalized spacial score (nSPS) is 11.0. The molecule has 22 heavy (non-hydrogen) atoms. The SMILES string of the molecule is Cc1cccc(C)c1C(OCC(=O)O)c1c(C)cccc1C. The Bertz CT molecular complexity index is 597. The minimum Gasteiger partial charge on any atom is -0.480 e. The van der Waals surface area contributed by atoms with Crippen molar-refractivity contribution in [3.63, 3.8) is 0 Å². The summed E-state index contributed by atoms with van der Waals surface area (Å²) < 4.78 is 5.80. The molecule has 0 amide bonds. The first-order valence-corrected chi connectivity index (χ1v) is 7.37. The van der Waals surface area contributed by atoms with Crippen molar-refractivity contribution < 1.29 is 14.6 Å². The van der Waals surface area contributed by atoms with E-state index in [-0.39, 0.29) is 12.7 Å². The predicted octanol–water partition coefficient (Wildman–Crippen LogP) is 4.11. The van der Waals surface area contributed by atoms with Gasteiger partial charge in [-0.25, -0.2) is 4.79 Å². The second kappa shape index (κ2) is 6.75. The van der Waals surface area contributed by atoms with E-state index in [0.717, 1.165) is 33.4 Å². The molecule has 0 bridgehead atoms. The summed E-state index contributed by atoms with van der Waals surface area (Å²) >= 11 is 0. The van der Waals surface area contributed by atoms with Crippen LogP contribution in [0.1, 0.15) is 39.5 Å². The van der Waals surface area contributed by atoms with E-state index < -0.39 is 5.97 Å². The maximum Gasteiger partial charge on any atom is 0.329 e. The zero-order valence-corrected chi connectivity index (χ0v) is 13.5. The van der Waals surface area contributed by atoms with Crippen LogP contribution in [0.25, 0.3) is 0 Å². The lowest BCUT2D eigenvalue weighted by molar-refractivity contribution is -0.143. The molecule has 3 nitrogen and oxygen atoms in total. The minimum absolute atomic E-state index is 0.313. The molecule has 1 N–H and O–H groups in total. The number of carboxylic acid groups (broad SMARTS) is 1. The Labute approximate surface area is 131 Å². The highest BCUT2D eigenvalue weighted by molar-refractivity contribution is 5.68.